The van der Waals surface area contributed by atoms with E-state index in [2.05, 4.69) is 10.4 Å². The first-order valence-electron chi connectivity index (χ1n) is 5.60. The van der Waals surface area contributed by atoms with Crippen LogP contribution in [-0.2, 0) is 6.54 Å². The van der Waals surface area contributed by atoms with E-state index in [1.54, 1.807) is 12.3 Å². The van der Waals surface area contributed by atoms with E-state index in [-0.39, 0.29) is 6.04 Å². The molecule has 1 aromatic carbocycles. The lowest BCUT2D eigenvalue weighted by molar-refractivity contribution is 0.561. The molecule has 3 N–H and O–H groups in total. The Morgan fingerprint density at radius 3 is 2.89 bits per heavy atom. The SMILES string of the molecule is CCn1ccnc1C(NN)c1cccc(Cl)c1Cl. The van der Waals surface area contributed by atoms with Gasteiger partial charge in [-0.05, 0) is 18.6 Å². The Morgan fingerprint density at radius 1 is 1.44 bits per heavy atom. The molecular weight excluding hydrogens is 271 g/mol. The molecule has 0 fully saturated rings. The Balaban J connectivity index is 2.49. The van der Waals surface area contributed by atoms with Crippen LogP contribution in [0.4, 0.5) is 0 Å². The summed E-state index contributed by atoms with van der Waals surface area (Å²) in [5.74, 6) is 6.44. The van der Waals surface area contributed by atoms with Crippen molar-refractivity contribution in [1.82, 2.24) is 15.0 Å². The van der Waals surface area contributed by atoms with Gasteiger partial charge in [0.25, 0.3) is 0 Å². The minimum Gasteiger partial charge on any atom is -0.334 e. The monoisotopic (exact) mass is 284 g/mol. The number of hydrogen-bond donors (Lipinski definition) is 2. The summed E-state index contributed by atoms with van der Waals surface area (Å²) >= 11 is 12.2. The molecule has 0 saturated heterocycles. The highest BCUT2D eigenvalue weighted by Gasteiger charge is 2.20. The van der Waals surface area contributed by atoms with Crippen molar-refractivity contribution >= 4 is 23.2 Å². The molecule has 2 rings (SSSR count). The number of aromatic nitrogens is 2. The summed E-state index contributed by atoms with van der Waals surface area (Å²) in [7, 11) is 0. The van der Waals surface area contributed by atoms with Crippen molar-refractivity contribution in [3.8, 4) is 0 Å². The third-order valence-corrected chi connectivity index (χ3v) is 3.64. The summed E-state index contributed by atoms with van der Waals surface area (Å²) in [5.41, 5.74) is 3.55. The normalized spacial score (nSPS) is 12.7. The molecule has 0 amide bonds. The standard InChI is InChI=1S/C12H14Cl2N4/c1-2-18-7-6-16-12(18)11(17-15)8-4-3-5-9(13)10(8)14/h3-7,11,17H,2,15H2,1H3. The molecule has 0 bridgehead atoms. The molecule has 1 aromatic heterocycles. The average molecular weight is 285 g/mol. The summed E-state index contributed by atoms with van der Waals surface area (Å²) in [5, 5.41) is 0.997. The van der Waals surface area contributed by atoms with E-state index in [1.165, 1.54) is 0 Å². The first kappa shape index (κ1) is 13.4. The Labute approximate surface area is 116 Å². The van der Waals surface area contributed by atoms with Gasteiger partial charge in [0.1, 0.15) is 11.9 Å². The topological polar surface area (TPSA) is 55.9 Å². The van der Waals surface area contributed by atoms with Crippen molar-refractivity contribution < 1.29 is 0 Å². The van der Waals surface area contributed by atoms with E-state index in [0.717, 1.165) is 17.9 Å². The van der Waals surface area contributed by atoms with Crippen molar-refractivity contribution in [3.05, 3.63) is 52.0 Å². The number of benzene rings is 1. The average Bonchev–Trinajstić information content (AvgIpc) is 2.83. The van der Waals surface area contributed by atoms with Gasteiger partial charge in [0.05, 0.1) is 10.0 Å². The van der Waals surface area contributed by atoms with Crippen LogP contribution in [0.2, 0.25) is 10.0 Å². The highest BCUT2D eigenvalue weighted by atomic mass is 35.5. The van der Waals surface area contributed by atoms with E-state index < -0.39 is 0 Å². The van der Waals surface area contributed by atoms with Crippen molar-refractivity contribution in [2.45, 2.75) is 19.5 Å². The predicted molar refractivity (Wildman–Crippen MR) is 73.5 cm³/mol. The van der Waals surface area contributed by atoms with Crippen LogP contribution in [0.25, 0.3) is 0 Å². The summed E-state index contributed by atoms with van der Waals surface area (Å²) in [4.78, 5) is 4.32. The van der Waals surface area contributed by atoms with Crippen molar-refractivity contribution in [2.75, 3.05) is 0 Å². The van der Waals surface area contributed by atoms with Crippen molar-refractivity contribution in [2.24, 2.45) is 5.84 Å². The van der Waals surface area contributed by atoms with E-state index >= 15 is 0 Å². The molecule has 0 aliphatic heterocycles. The maximum Gasteiger partial charge on any atom is 0.131 e. The molecule has 0 aliphatic carbocycles. The van der Waals surface area contributed by atoms with Crippen LogP contribution in [0, 0.1) is 0 Å². The second kappa shape index (κ2) is 5.71. The van der Waals surface area contributed by atoms with Gasteiger partial charge in [-0.1, -0.05) is 35.3 Å². The molecule has 18 heavy (non-hydrogen) atoms. The predicted octanol–water partition coefficient (Wildman–Crippen LogP) is 2.76. The smallest absolute Gasteiger partial charge is 0.131 e. The second-order valence-corrected chi connectivity index (χ2v) is 4.60. The lowest BCUT2D eigenvalue weighted by Gasteiger charge is -2.18. The molecule has 4 nitrogen and oxygen atoms in total. The van der Waals surface area contributed by atoms with Gasteiger partial charge in [-0.15, -0.1) is 0 Å². The van der Waals surface area contributed by atoms with Gasteiger partial charge < -0.3 is 4.57 Å². The quantitative estimate of drug-likeness (QED) is 0.671. The summed E-state index contributed by atoms with van der Waals surface area (Å²) in [6.45, 7) is 2.85. The molecule has 0 saturated carbocycles. The first-order chi connectivity index (χ1) is 8.69. The molecule has 0 aliphatic rings. The van der Waals surface area contributed by atoms with Crippen molar-refractivity contribution in [3.63, 3.8) is 0 Å². The van der Waals surface area contributed by atoms with Crippen LogP contribution in [0.15, 0.2) is 30.6 Å². The second-order valence-electron chi connectivity index (χ2n) is 3.81. The van der Waals surface area contributed by atoms with Crippen LogP contribution < -0.4 is 11.3 Å². The largest absolute Gasteiger partial charge is 0.334 e. The zero-order valence-corrected chi connectivity index (χ0v) is 11.4. The molecule has 0 spiro atoms. The number of aryl methyl sites for hydroxylation is 1. The van der Waals surface area contributed by atoms with E-state index in [0.29, 0.717) is 10.0 Å². The first-order valence-corrected chi connectivity index (χ1v) is 6.35. The molecule has 0 radical (unpaired) electrons. The summed E-state index contributed by atoms with van der Waals surface area (Å²) in [6.07, 6.45) is 3.64. The maximum atomic E-state index is 6.21. The zero-order chi connectivity index (χ0) is 13.1. The van der Waals surface area contributed by atoms with E-state index in [4.69, 9.17) is 29.0 Å². The van der Waals surface area contributed by atoms with Gasteiger partial charge in [0.2, 0.25) is 0 Å². The fraction of sp³-hybridized carbons (Fsp3) is 0.250. The maximum absolute atomic E-state index is 6.21. The van der Waals surface area contributed by atoms with Crippen LogP contribution in [0.1, 0.15) is 24.4 Å². The van der Waals surface area contributed by atoms with Crippen LogP contribution >= 0.6 is 23.2 Å². The van der Waals surface area contributed by atoms with Gasteiger partial charge in [-0.3, -0.25) is 5.84 Å². The lowest BCUT2D eigenvalue weighted by Crippen LogP contribution is -2.31. The zero-order valence-electron chi connectivity index (χ0n) is 9.90. The van der Waals surface area contributed by atoms with E-state index in [1.807, 2.05) is 29.8 Å². The minimum absolute atomic E-state index is 0.286. The lowest BCUT2D eigenvalue weighted by atomic mass is 10.1. The fourth-order valence-electron chi connectivity index (χ4n) is 1.90. The molecule has 96 valence electrons. The molecular formula is C12H14Cl2N4. The Morgan fingerprint density at radius 2 is 2.22 bits per heavy atom. The third-order valence-electron chi connectivity index (χ3n) is 2.81. The molecule has 2 aromatic rings. The van der Waals surface area contributed by atoms with Crippen LogP contribution in [-0.4, -0.2) is 9.55 Å². The number of hydrogen-bond acceptors (Lipinski definition) is 3. The Bertz CT molecular complexity index is 539. The summed E-state index contributed by atoms with van der Waals surface area (Å²) < 4.78 is 2.00. The molecule has 1 heterocycles. The number of hydrazine groups is 1. The highest BCUT2D eigenvalue weighted by molar-refractivity contribution is 6.42. The fourth-order valence-corrected chi connectivity index (χ4v) is 2.31. The van der Waals surface area contributed by atoms with Gasteiger partial charge in [0.15, 0.2) is 0 Å². The Kier molecular flexibility index (Phi) is 4.24. The number of rotatable bonds is 4. The molecule has 6 heteroatoms. The number of nitrogens with one attached hydrogen (secondary N) is 1. The molecule has 1 atom stereocenters. The third kappa shape index (κ3) is 2.37. The van der Waals surface area contributed by atoms with Crippen LogP contribution in [0.3, 0.4) is 0 Å². The van der Waals surface area contributed by atoms with Gasteiger partial charge >= 0.3 is 0 Å². The van der Waals surface area contributed by atoms with Crippen molar-refractivity contribution in [1.29, 1.82) is 0 Å². The number of halogens is 2. The highest BCUT2D eigenvalue weighted by Crippen LogP contribution is 2.32. The number of imidazole rings is 1. The molecule has 1 unspecified atom stereocenters. The number of nitrogens with two attached hydrogens (primary N) is 1. The van der Waals surface area contributed by atoms with Gasteiger partial charge in [-0.25, -0.2) is 10.4 Å². The summed E-state index contributed by atoms with van der Waals surface area (Å²) in [6, 6.07) is 5.18. The van der Waals surface area contributed by atoms with E-state index in [9.17, 15) is 0 Å². The van der Waals surface area contributed by atoms with Crippen LogP contribution in [0.5, 0.6) is 0 Å². The minimum atomic E-state index is -0.286. The van der Waals surface area contributed by atoms with Gasteiger partial charge in [-0.2, -0.15) is 0 Å². The number of nitrogens with zero attached hydrogens (tertiary/aromatic N) is 2. The van der Waals surface area contributed by atoms with Gasteiger partial charge in [0, 0.05) is 18.9 Å². The Hall–Kier alpha value is -1.07.